The highest BCUT2D eigenvalue weighted by Crippen LogP contribution is 2.41. The van der Waals surface area contributed by atoms with E-state index in [1.807, 2.05) is 12.1 Å². The summed E-state index contributed by atoms with van der Waals surface area (Å²) in [7, 11) is 0. The molecule has 2 N–H and O–H groups in total. The SMILES string of the molecule is Nc1ccc(-c2ccccc2C2CCC2)cc1F. The van der Waals surface area contributed by atoms with E-state index in [1.165, 1.54) is 30.9 Å². The van der Waals surface area contributed by atoms with Gasteiger partial charge in [0.25, 0.3) is 0 Å². The third-order valence-corrected chi connectivity index (χ3v) is 3.82. The van der Waals surface area contributed by atoms with Crippen LogP contribution in [0.3, 0.4) is 0 Å². The molecule has 0 amide bonds. The molecule has 1 aliphatic carbocycles. The number of benzene rings is 2. The van der Waals surface area contributed by atoms with Gasteiger partial charge in [-0.05, 0) is 47.6 Å². The molecule has 1 aliphatic rings. The predicted octanol–water partition coefficient (Wildman–Crippen LogP) is 4.34. The van der Waals surface area contributed by atoms with E-state index >= 15 is 0 Å². The molecular weight excluding hydrogens is 225 g/mol. The molecule has 0 aromatic heterocycles. The first-order chi connectivity index (χ1) is 8.75. The van der Waals surface area contributed by atoms with Crippen molar-refractivity contribution in [2.75, 3.05) is 5.73 Å². The highest BCUT2D eigenvalue weighted by molar-refractivity contribution is 5.70. The highest BCUT2D eigenvalue weighted by Gasteiger charge is 2.22. The molecule has 1 fully saturated rings. The number of hydrogen-bond acceptors (Lipinski definition) is 1. The second-order valence-electron chi connectivity index (χ2n) is 4.95. The maximum Gasteiger partial charge on any atom is 0.146 e. The Morgan fingerprint density at radius 2 is 1.83 bits per heavy atom. The molecule has 1 nitrogen and oxygen atoms in total. The Hall–Kier alpha value is -1.83. The lowest BCUT2D eigenvalue weighted by Crippen LogP contribution is -2.09. The molecule has 0 saturated heterocycles. The van der Waals surface area contributed by atoms with Crippen LogP contribution >= 0.6 is 0 Å². The van der Waals surface area contributed by atoms with Crippen LogP contribution in [0.4, 0.5) is 10.1 Å². The molecule has 0 spiro atoms. The van der Waals surface area contributed by atoms with Crippen molar-refractivity contribution >= 4 is 5.69 Å². The molecule has 92 valence electrons. The smallest absolute Gasteiger partial charge is 0.146 e. The Labute approximate surface area is 106 Å². The fourth-order valence-corrected chi connectivity index (χ4v) is 2.53. The fraction of sp³-hybridized carbons (Fsp3) is 0.250. The van der Waals surface area contributed by atoms with E-state index in [0.29, 0.717) is 5.92 Å². The quantitative estimate of drug-likeness (QED) is 0.777. The van der Waals surface area contributed by atoms with E-state index in [9.17, 15) is 4.39 Å². The van der Waals surface area contributed by atoms with Gasteiger partial charge >= 0.3 is 0 Å². The number of halogens is 1. The standard InChI is InChI=1S/C16H16FN/c17-15-10-12(8-9-16(15)18)14-7-2-1-6-13(14)11-4-3-5-11/h1-2,6-11H,3-5,18H2. The zero-order valence-electron chi connectivity index (χ0n) is 10.2. The number of rotatable bonds is 2. The second kappa shape index (κ2) is 4.45. The summed E-state index contributed by atoms with van der Waals surface area (Å²) < 4.78 is 13.6. The molecule has 2 heteroatoms. The molecule has 2 aromatic rings. The van der Waals surface area contributed by atoms with Gasteiger partial charge in [0.05, 0.1) is 5.69 Å². The lowest BCUT2D eigenvalue weighted by Gasteiger charge is -2.28. The number of anilines is 1. The molecule has 0 heterocycles. The van der Waals surface area contributed by atoms with Gasteiger partial charge in [0.1, 0.15) is 5.82 Å². The zero-order chi connectivity index (χ0) is 12.5. The third-order valence-electron chi connectivity index (χ3n) is 3.82. The maximum absolute atomic E-state index is 13.6. The second-order valence-corrected chi connectivity index (χ2v) is 4.95. The van der Waals surface area contributed by atoms with Crippen molar-refractivity contribution in [1.82, 2.24) is 0 Å². The van der Waals surface area contributed by atoms with Crippen molar-refractivity contribution in [3.05, 3.63) is 53.8 Å². The van der Waals surface area contributed by atoms with E-state index in [2.05, 4.69) is 18.2 Å². The van der Waals surface area contributed by atoms with Crippen molar-refractivity contribution in [3.63, 3.8) is 0 Å². The Morgan fingerprint density at radius 1 is 1.06 bits per heavy atom. The predicted molar refractivity (Wildman–Crippen MR) is 72.8 cm³/mol. The summed E-state index contributed by atoms with van der Waals surface area (Å²) in [5, 5.41) is 0. The van der Waals surface area contributed by atoms with Gasteiger partial charge in [-0.2, -0.15) is 0 Å². The minimum Gasteiger partial charge on any atom is -0.396 e. The average molecular weight is 241 g/mol. The number of hydrogen-bond donors (Lipinski definition) is 1. The molecule has 0 aliphatic heterocycles. The summed E-state index contributed by atoms with van der Waals surface area (Å²) >= 11 is 0. The lowest BCUT2D eigenvalue weighted by atomic mass is 9.77. The zero-order valence-corrected chi connectivity index (χ0v) is 10.2. The van der Waals surface area contributed by atoms with Gasteiger partial charge in [-0.3, -0.25) is 0 Å². The number of nitrogen functional groups attached to an aromatic ring is 1. The van der Waals surface area contributed by atoms with Crippen LogP contribution in [0.1, 0.15) is 30.7 Å². The van der Waals surface area contributed by atoms with E-state index in [1.54, 1.807) is 6.07 Å². The van der Waals surface area contributed by atoms with Crippen LogP contribution in [-0.2, 0) is 0 Å². The van der Waals surface area contributed by atoms with Gasteiger partial charge in [0.2, 0.25) is 0 Å². The van der Waals surface area contributed by atoms with E-state index in [4.69, 9.17) is 5.73 Å². The fourth-order valence-electron chi connectivity index (χ4n) is 2.53. The molecular formula is C16H16FN. The lowest BCUT2D eigenvalue weighted by molar-refractivity contribution is 0.420. The van der Waals surface area contributed by atoms with Crippen LogP contribution in [-0.4, -0.2) is 0 Å². The maximum atomic E-state index is 13.6. The normalized spacial score (nSPS) is 15.4. The van der Waals surface area contributed by atoms with Crippen LogP contribution in [0, 0.1) is 5.82 Å². The summed E-state index contributed by atoms with van der Waals surface area (Å²) in [4.78, 5) is 0. The van der Waals surface area contributed by atoms with Crippen LogP contribution in [0.15, 0.2) is 42.5 Å². The third kappa shape index (κ3) is 1.88. The first kappa shape index (κ1) is 11.3. The Morgan fingerprint density at radius 3 is 2.50 bits per heavy atom. The molecule has 0 unspecified atom stereocenters. The highest BCUT2D eigenvalue weighted by atomic mass is 19.1. The van der Waals surface area contributed by atoms with Gasteiger partial charge in [-0.25, -0.2) is 4.39 Å². The molecule has 2 aromatic carbocycles. The summed E-state index contributed by atoms with van der Waals surface area (Å²) in [5.41, 5.74) is 9.14. The topological polar surface area (TPSA) is 26.0 Å². The van der Waals surface area contributed by atoms with Gasteiger partial charge < -0.3 is 5.73 Å². The van der Waals surface area contributed by atoms with Gasteiger partial charge in [-0.1, -0.05) is 36.8 Å². The van der Waals surface area contributed by atoms with Crippen molar-refractivity contribution in [2.24, 2.45) is 0 Å². The summed E-state index contributed by atoms with van der Waals surface area (Å²) in [5.74, 6) is 0.303. The van der Waals surface area contributed by atoms with E-state index in [0.717, 1.165) is 11.1 Å². The van der Waals surface area contributed by atoms with E-state index < -0.39 is 0 Å². The minimum atomic E-state index is -0.337. The first-order valence-corrected chi connectivity index (χ1v) is 6.40. The van der Waals surface area contributed by atoms with Crippen molar-refractivity contribution in [1.29, 1.82) is 0 Å². The van der Waals surface area contributed by atoms with Crippen LogP contribution < -0.4 is 5.73 Å². The Bertz CT molecular complexity index is 573. The van der Waals surface area contributed by atoms with Crippen molar-refractivity contribution in [3.8, 4) is 11.1 Å². The van der Waals surface area contributed by atoms with Crippen LogP contribution in [0.25, 0.3) is 11.1 Å². The van der Waals surface area contributed by atoms with Gasteiger partial charge in [-0.15, -0.1) is 0 Å². The molecule has 3 rings (SSSR count). The van der Waals surface area contributed by atoms with Crippen molar-refractivity contribution in [2.45, 2.75) is 25.2 Å². The summed E-state index contributed by atoms with van der Waals surface area (Å²) in [6.07, 6.45) is 3.79. The van der Waals surface area contributed by atoms with Gasteiger partial charge in [0.15, 0.2) is 0 Å². The Kier molecular flexibility index (Phi) is 2.78. The monoisotopic (exact) mass is 241 g/mol. The first-order valence-electron chi connectivity index (χ1n) is 6.40. The van der Waals surface area contributed by atoms with Crippen LogP contribution in [0.5, 0.6) is 0 Å². The summed E-state index contributed by atoms with van der Waals surface area (Å²) in [6.45, 7) is 0. The molecule has 0 bridgehead atoms. The summed E-state index contributed by atoms with van der Waals surface area (Å²) in [6, 6.07) is 13.4. The van der Waals surface area contributed by atoms with Gasteiger partial charge in [0, 0.05) is 0 Å². The molecule has 18 heavy (non-hydrogen) atoms. The molecule has 0 atom stereocenters. The number of nitrogens with two attached hydrogens (primary N) is 1. The van der Waals surface area contributed by atoms with E-state index in [-0.39, 0.29) is 11.5 Å². The minimum absolute atomic E-state index is 0.208. The Balaban J connectivity index is 2.07. The molecule has 0 radical (unpaired) electrons. The van der Waals surface area contributed by atoms with Crippen molar-refractivity contribution < 1.29 is 4.39 Å². The molecule has 1 saturated carbocycles. The average Bonchev–Trinajstić information content (AvgIpc) is 2.31. The largest absolute Gasteiger partial charge is 0.396 e. The van der Waals surface area contributed by atoms with Crippen LogP contribution in [0.2, 0.25) is 0 Å².